The minimum atomic E-state index is -0.242. The zero-order valence-electron chi connectivity index (χ0n) is 30.7. The molecule has 4 heterocycles. The highest BCUT2D eigenvalue weighted by Crippen LogP contribution is 2.50. The Hall–Kier alpha value is -7.02. The van der Waals surface area contributed by atoms with Crippen LogP contribution in [0.15, 0.2) is 198 Å². The van der Waals surface area contributed by atoms with Crippen molar-refractivity contribution in [3.63, 3.8) is 0 Å². The molecule has 3 atom stereocenters. The molecule has 0 bridgehead atoms. The summed E-state index contributed by atoms with van der Waals surface area (Å²) < 4.78 is 11.7. The van der Waals surface area contributed by atoms with Crippen molar-refractivity contribution in [2.45, 2.75) is 12.1 Å². The van der Waals surface area contributed by atoms with E-state index in [4.69, 9.17) is 14.7 Å². The predicted molar refractivity (Wildman–Crippen MR) is 236 cm³/mol. The maximum atomic E-state index is 6.69. The lowest BCUT2D eigenvalue weighted by atomic mass is 9.80. The fourth-order valence-corrected chi connectivity index (χ4v) is 10.1. The second-order valence-electron chi connectivity index (χ2n) is 15.0. The van der Waals surface area contributed by atoms with E-state index in [1.165, 1.54) is 58.8 Å². The van der Waals surface area contributed by atoms with Gasteiger partial charge in [-0.1, -0.05) is 127 Å². The first-order valence-corrected chi connectivity index (χ1v) is 20.2. The van der Waals surface area contributed by atoms with Crippen molar-refractivity contribution in [3.8, 4) is 22.6 Å². The SMILES string of the molecule is C1=CC(C2N=C(c3ccccc3)N=C(c3ccccc3)N2)C2C(=C1)Oc1cc(-c3ccc4sc5ccc(-n6c7ccccc7c7ccccc76)cc5c4c3)ccc12. The first kappa shape index (κ1) is 32.2. The summed E-state index contributed by atoms with van der Waals surface area (Å²) >= 11 is 1.85. The summed E-state index contributed by atoms with van der Waals surface area (Å²) in [5, 5.41) is 8.79. The van der Waals surface area contributed by atoms with E-state index in [1.54, 1.807) is 0 Å². The molecule has 3 aliphatic rings. The van der Waals surface area contributed by atoms with Crippen molar-refractivity contribution in [3.05, 3.63) is 204 Å². The largest absolute Gasteiger partial charge is 0.461 e. The highest BCUT2D eigenvalue weighted by molar-refractivity contribution is 7.25. The van der Waals surface area contributed by atoms with Crippen molar-refractivity contribution >= 4 is 65.0 Å². The fourth-order valence-electron chi connectivity index (χ4n) is 9.02. The first-order chi connectivity index (χ1) is 28.2. The number of hydrogen-bond acceptors (Lipinski definition) is 5. The second-order valence-corrected chi connectivity index (χ2v) is 16.0. The van der Waals surface area contributed by atoms with Gasteiger partial charge < -0.3 is 14.6 Å². The van der Waals surface area contributed by atoms with Gasteiger partial charge in [0, 0.05) is 59.2 Å². The lowest BCUT2D eigenvalue weighted by Gasteiger charge is -2.32. The number of ether oxygens (including phenoxy) is 1. The molecule has 2 aliphatic heterocycles. The van der Waals surface area contributed by atoms with Gasteiger partial charge in [-0.05, 0) is 65.7 Å². The third kappa shape index (κ3) is 5.21. The smallest absolute Gasteiger partial charge is 0.159 e. The summed E-state index contributed by atoms with van der Waals surface area (Å²) in [5.41, 5.74) is 9.13. The number of amidine groups is 2. The zero-order valence-corrected chi connectivity index (χ0v) is 31.5. The normalized spacial score (nSPS) is 18.5. The summed E-state index contributed by atoms with van der Waals surface area (Å²) in [5.74, 6) is 3.45. The Morgan fingerprint density at radius 2 is 1.23 bits per heavy atom. The van der Waals surface area contributed by atoms with Crippen molar-refractivity contribution in [1.29, 1.82) is 0 Å². The number of nitrogens with zero attached hydrogens (tertiary/aromatic N) is 3. The van der Waals surface area contributed by atoms with Crippen molar-refractivity contribution < 1.29 is 4.74 Å². The number of fused-ring (bicyclic) bond motifs is 9. The predicted octanol–water partition coefficient (Wildman–Crippen LogP) is 12.2. The van der Waals surface area contributed by atoms with Crippen LogP contribution in [0.25, 0.3) is 58.8 Å². The molecule has 2 aromatic heterocycles. The third-order valence-corrected chi connectivity index (χ3v) is 12.8. The van der Waals surface area contributed by atoms with E-state index in [1.807, 2.05) is 47.7 Å². The molecule has 0 fully saturated rings. The van der Waals surface area contributed by atoms with E-state index in [9.17, 15) is 0 Å². The molecule has 270 valence electrons. The summed E-state index contributed by atoms with van der Waals surface area (Å²) in [6.07, 6.45) is 6.24. The van der Waals surface area contributed by atoms with Crippen LogP contribution in [0.3, 0.4) is 0 Å². The number of para-hydroxylation sites is 2. The summed E-state index contributed by atoms with van der Waals surface area (Å²) in [6, 6.07) is 58.5. The molecule has 3 unspecified atom stereocenters. The lowest BCUT2D eigenvalue weighted by Crippen LogP contribution is -2.45. The maximum absolute atomic E-state index is 6.69. The van der Waals surface area contributed by atoms with Gasteiger partial charge in [0.15, 0.2) is 5.84 Å². The van der Waals surface area contributed by atoms with Gasteiger partial charge in [0.2, 0.25) is 0 Å². The molecule has 5 nitrogen and oxygen atoms in total. The van der Waals surface area contributed by atoms with Gasteiger partial charge in [-0.15, -0.1) is 11.3 Å². The Labute approximate surface area is 333 Å². The monoisotopic (exact) mass is 750 g/mol. The van der Waals surface area contributed by atoms with Gasteiger partial charge in [-0.3, -0.25) is 0 Å². The van der Waals surface area contributed by atoms with E-state index in [0.717, 1.165) is 39.9 Å². The van der Waals surface area contributed by atoms with Crippen LogP contribution in [-0.4, -0.2) is 22.4 Å². The fraction of sp³-hybridized carbons (Fsp3) is 0.0588. The summed E-state index contributed by atoms with van der Waals surface area (Å²) in [6.45, 7) is 0. The van der Waals surface area contributed by atoms with Crippen LogP contribution >= 0.6 is 11.3 Å². The number of aromatic nitrogens is 1. The van der Waals surface area contributed by atoms with E-state index in [0.29, 0.717) is 0 Å². The van der Waals surface area contributed by atoms with Gasteiger partial charge in [-0.2, -0.15) is 0 Å². The Kier molecular flexibility index (Phi) is 7.22. The number of allylic oxidation sites excluding steroid dienone is 3. The number of rotatable bonds is 5. The Morgan fingerprint density at radius 1 is 0.579 bits per heavy atom. The molecule has 0 radical (unpaired) electrons. The number of benzene rings is 7. The lowest BCUT2D eigenvalue weighted by molar-refractivity contribution is 0.360. The van der Waals surface area contributed by atoms with Gasteiger partial charge in [0.25, 0.3) is 0 Å². The zero-order chi connectivity index (χ0) is 37.5. The van der Waals surface area contributed by atoms with Gasteiger partial charge >= 0.3 is 0 Å². The Bertz CT molecular complexity index is 3150. The van der Waals surface area contributed by atoms with E-state index in [-0.39, 0.29) is 18.0 Å². The van der Waals surface area contributed by atoms with Gasteiger partial charge in [0.05, 0.1) is 17.0 Å². The Balaban J connectivity index is 0.906. The molecule has 9 aromatic rings. The number of aliphatic imine (C=N–C) groups is 2. The average molecular weight is 751 g/mol. The first-order valence-electron chi connectivity index (χ1n) is 19.4. The van der Waals surface area contributed by atoms with Crippen LogP contribution in [0.2, 0.25) is 0 Å². The average Bonchev–Trinajstić information content (AvgIpc) is 3.95. The standard InChI is InChI=1S/C51H34N4OS/c1-3-12-31(13-4-1)49-52-50(32-14-5-2-6-15-32)54-51(53-49)39-18-11-21-44-48(39)38-25-22-34(29-45(38)56-44)33-23-26-46-40(28-33)41-30-35(24-27-47(41)57-46)55-42-19-9-7-16-36(42)37-17-8-10-20-43(37)55/h1-30,39,48,51H,(H,52,53,54). The van der Waals surface area contributed by atoms with Crippen molar-refractivity contribution in [2.24, 2.45) is 15.9 Å². The molecule has 0 saturated heterocycles. The molecule has 12 rings (SSSR count). The van der Waals surface area contributed by atoms with Crippen LogP contribution in [0.1, 0.15) is 22.6 Å². The minimum absolute atomic E-state index is 0.0160. The van der Waals surface area contributed by atoms with E-state index >= 15 is 0 Å². The number of nitrogens with one attached hydrogen (secondary N) is 1. The van der Waals surface area contributed by atoms with Gasteiger partial charge in [-0.25, -0.2) is 9.98 Å². The molecule has 1 N–H and O–H groups in total. The van der Waals surface area contributed by atoms with Crippen molar-refractivity contribution in [1.82, 2.24) is 9.88 Å². The minimum Gasteiger partial charge on any atom is -0.461 e. The van der Waals surface area contributed by atoms with Crippen LogP contribution in [0.4, 0.5) is 0 Å². The summed E-state index contributed by atoms with van der Waals surface area (Å²) in [4.78, 5) is 10.2. The third-order valence-electron chi connectivity index (χ3n) is 11.7. The highest BCUT2D eigenvalue weighted by Gasteiger charge is 2.41. The van der Waals surface area contributed by atoms with E-state index in [2.05, 4.69) is 156 Å². The number of thiophene rings is 1. The van der Waals surface area contributed by atoms with E-state index < -0.39 is 0 Å². The molecule has 57 heavy (non-hydrogen) atoms. The maximum Gasteiger partial charge on any atom is 0.159 e. The van der Waals surface area contributed by atoms with Crippen LogP contribution < -0.4 is 10.1 Å². The molecule has 0 spiro atoms. The topological polar surface area (TPSA) is 50.9 Å². The van der Waals surface area contributed by atoms with Crippen LogP contribution in [0, 0.1) is 5.92 Å². The molecule has 1 aliphatic carbocycles. The molecule has 0 amide bonds. The van der Waals surface area contributed by atoms with Crippen LogP contribution in [0.5, 0.6) is 5.75 Å². The molecule has 6 heteroatoms. The highest BCUT2D eigenvalue weighted by atomic mass is 32.1. The molecule has 7 aromatic carbocycles. The second kappa shape index (κ2) is 12.8. The molecule has 0 saturated carbocycles. The quantitative estimate of drug-likeness (QED) is 0.190. The molecular formula is C51H34N4OS. The van der Waals surface area contributed by atoms with Crippen molar-refractivity contribution in [2.75, 3.05) is 0 Å². The number of hydrogen-bond donors (Lipinski definition) is 1. The van der Waals surface area contributed by atoms with Gasteiger partial charge in [0.1, 0.15) is 23.5 Å². The van der Waals surface area contributed by atoms with Crippen LogP contribution in [-0.2, 0) is 0 Å². The summed E-state index contributed by atoms with van der Waals surface area (Å²) in [7, 11) is 0. The Morgan fingerprint density at radius 3 is 2.00 bits per heavy atom. The molecular weight excluding hydrogens is 717 g/mol.